The first-order chi connectivity index (χ1) is 29.7. The van der Waals surface area contributed by atoms with Gasteiger partial charge in [-0.25, -0.2) is 9.97 Å². The van der Waals surface area contributed by atoms with E-state index in [1.165, 1.54) is 6.92 Å². The van der Waals surface area contributed by atoms with E-state index in [9.17, 15) is 29.1 Å². The van der Waals surface area contributed by atoms with E-state index < -0.39 is 35.1 Å². The molecule has 15 heteroatoms. The van der Waals surface area contributed by atoms with Crippen molar-refractivity contribution in [1.82, 2.24) is 40.4 Å². The van der Waals surface area contributed by atoms with Crippen LogP contribution in [0.3, 0.4) is 0 Å². The number of aliphatic hydroxyl groups excluding tert-OH is 1. The fourth-order valence-electron chi connectivity index (χ4n) is 8.43. The van der Waals surface area contributed by atoms with Crippen molar-refractivity contribution in [3.8, 4) is 0 Å². The summed E-state index contributed by atoms with van der Waals surface area (Å²) in [6.07, 6.45) is 9.83. The highest BCUT2D eigenvalue weighted by atomic mass is 16.5. The van der Waals surface area contributed by atoms with E-state index >= 15 is 0 Å². The van der Waals surface area contributed by atoms with Gasteiger partial charge in [0.2, 0.25) is 23.6 Å². The van der Waals surface area contributed by atoms with Crippen molar-refractivity contribution in [1.29, 1.82) is 0 Å². The maximum absolute atomic E-state index is 13.8. The molecule has 5 N–H and O–H groups in total. The molecule has 344 valence electrons. The Bertz CT molecular complexity index is 2220. The van der Waals surface area contributed by atoms with Crippen LogP contribution >= 0.6 is 0 Å². The number of likely N-dealkylation sites (tertiary alicyclic amines) is 2. The number of amides is 4. The van der Waals surface area contributed by atoms with E-state index in [2.05, 4.69) is 30.6 Å². The van der Waals surface area contributed by atoms with Crippen molar-refractivity contribution in [3.05, 3.63) is 60.2 Å². The second-order valence-electron chi connectivity index (χ2n) is 19.6. The molecule has 0 radical (unpaired) electrons. The van der Waals surface area contributed by atoms with Crippen LogP contribution in [0.5, 0.6) is 0 Å². The molecule has 2 aliphatic rings. The summed E-state index contributed by atoms with van der Waals surface area (Å²) in [6.45, 7) is 21.7. The van der Waals surface area contributed by atoms with Crippen molar-refractivity contribution >= 4 is 51.7 Å². The van der Waals surface area contributed by atoms with Crippen molar-refractivity contribution in [3.63, 3.8) is 0 Å². The number of aromatic amines is 2. The predicted octanol–water partition coefficient (Wildman–Crippen LogP) is 5.86. The van der Waals surface area contributed by atoms with Crippen LogP contribution in [-0.2, 0) is 41.6 Å². The highest BCUT2D eigenvalue weighted by molar-refractivity contribution is 5.91. The van der Waals surface area contributed by atoms with Gasteiger partial charge in [-0.3, -0.25) is 24.0 Å². The largest absolute Gasteiger partial charge is 0.460 e. The SMILES string of the molecule is CC[C@@H](C)C(=O)N[C@H](C(=O)N1CC[C@H](O)[C@H]1Cc1c[nH]c2ncccc12)C(C)(C)C.CC[C@@H](C)C(=O)N[C@H](C(=O)N1CC[C@H](OC(C)=O)[C@H]1Cc1c[nH]c2ncccc12)C(C)(C)C. The molecule has 0 bridgehead atoms. The van der Waals surface area contributed by atoms with E-state index in [0.29, 0.717) is 45.2 Å². The van der Waals surface area contributed by atoms with Gasteiger partial charge in [0.15, 0.2) is 0 Å². The molecule has 15 nitrogen and oxygen atoms in total. The Labute approximate surface area is 371 Å². The van der Waals surface area contributed by atoms with Crippen LogP contribution < -0.4 is 10.6 Å². The topological polar surface area (TPSA) is 203 Å². The molecule has 2 fully saturated rings. The number of hydrogen-bond acceptors (Lipinski definition) is 9. The maximum atomic E-state index is 13.8. The molecule has 0 unspecified atom stereocenters. The Balaban J connectivity index is 0.000000239. The summed E-state index contributed by atoms with van der Waals surface area (Å²) in [5.41, 5.74) is 2.69. The molecule has 4 aromatic heterocycles. The number of nitrogens with one attached hydrogen (secondary N) is 4. The van der Waals surface area contributed by atoms with Crippen molar-refractivity contribution in [2.75, 3.05) is 13.1 Å². The monoisotopic (exact) mass is 871 g/mol. The molecule has 0 aliphatic carbocycles. The first-order valence-corrected chi connectivity index (χ1v) is 22.5. The van der Waals surface area contributed by atoms with Gasteiger partial charge in [-0.15, -0.1) is 0 Å². The van der Waals surface area contributed by atoms with E-state index in [4.69, 9.17) is 4.74 Å². The average molecular weight is 871 g/mol. The Morgan fingerprint density at radius 3 is 1.60 bits per heavy atom. The first-order valence-electron chi connectivity index (χ1n) is 22.5. The van der Waals surface area contributed by atoms with Crippen LogP contribution in [0.1, 0.15) is 113 Å². The fraction of sp³-hybridized carbons (Fsp3) is 0.604. The number of H-pyrrole nitrogens is 2. The van der Waals surface area contributed by atoms with Crippen LogP contribution in [0.2, 0.25) is 0 Å². The van der Waals surface area contributed by atoms with Crippen LogP contribution in [-0.4, -0.2) is 114 Å². The zero-order chi connectivity index (χ0) is 46.4. The molecule has 6 rings (SSSR count). The number of fused-ring (bicyclic) bond motifs is 2. The van der Waals surface area contributed by atoms with Crippen LogP contribution in [0.4, 0.5) is 0 Å². The molecule has 8 atom stereocenters. The summed E-state index contributed by atoms with van der Waals surface area (Å²) in [4.78, 5) is 83.0. The van der Waals surface area contributed by atoms with E-state index in [-0.39, 0.29) is 53.5 Å². The molecule has 6 heterocycles. The number of aromatic nitrogens is 4. The first kappa shape index (κ1) is 48.7. The lowest BCUT2D eigenvalue weighted by Gasteiger charge is -2.37. The number of esters is 1. The third kappa shape index (κ3) is 11.6. The van der Waals surface area contributed by atoms with Crippen molar-refractivity contribution in [2.24, 2.45) is 22.7 Å². The lowest BCUT2D eigenvalue weighted by Crippen LogP contribution is -2.57. The van der Waals surface area contributed by atoms with Gasteiger partial charge in [0.25, 0.3) is 0 Å². The minimum atomic E-state index is -0.679. The molecule has 0 aromatic carbocycles. The van der Waals surface area contributed by atoms with Gasteiger partial charge in [-0.2, -0.15) is 0 Å². The minimum Gasteiger partial charge on any atom is -0.460 e. The van der Waals surface area contributed by atoms with Gasteiger partial charge in [0.05, 0.1) is 18.2 Å². The van der Waals surface area contributed by atoms with E-state index in [0.717, 1.165) is 39.6 Å². The lowest BCUT2D eigenvalue weighted by molar-refractivity contribution is -0.150. The van der Waals surface area contributed by atoms with Gasteiger partial charge in [-0.05, 0) is 78.3 Å². The number of carbonyl (C=O) groups is 5. The lowest BCUT2D eigenvalue weighted by atomic mass is 9.85. The fourth-order valence-corrected chi connectivity index (χ4v) is 8.43. The van der Waals surface area contributed by atoms with Gasteiger partial charge in [0, 0.05) is 73.8 Å². The van der Waals surface area contributed by atoms with Crippen LogP contribution in [0, 0.1) is 22.7 Å². The van der Waals surface area contributed by atoms with Gasteiger partial charge in [0.1, 0.15) is 29.5 Å². The Kier molecular flexibility index (Phi) is 15.8. The predicted molar refractivity (Wildman–Crippen MR) is 243 cm³/mol. The molecule has 2 aliphatic heterocycles. The summed E-state index contributed by atoms with van der Waals surface area (Å²) in [7, 11) is 0. The Hall–Kier alpha value is -5.31. The third-order valence-corrected chi connectivity index (χ3v) is 12.7. The number of aliphatic hydroxyl groups is 1. The number of carbonyl (C=O) groups excluding carboxylic acids is 5. The second kappa shape index (κ2) is 20.5. The Morgan fingerprint density at radius 2 is 1.17 bits per heavy atom. The number of nitrogens with zero attached hydrogens (tertiary/aromatic N) is 4. The smallest absolute Gasteiger partial charge is 0.302 e. The summed E-state index contributed by atoms with van der Waals surface area (Å²) in [6, 6.07) is 5.76. The highest BCUT2D eigenvalue weighted by Crippen LogP contribution is 2.32. The maximum Gasteiger partial charge on any atom is 0.302 e. The average Bonchev–Trinajstić information content (AvgIpc) is 4.03. The summed E-state index contributed by atoms with van der Waals surface area (Å²) in [5, 5.41) is 18.6. The Morgan fingerprint density at radius 1 is 0.746 bits per heavy atom. The molecule has 0 spiro atoms. The molecular weight excluding hydrogens is 801 g/mol. The van der Waals surface area contributed by atoms with Crippen molar-refractivity contribution < 1.29 is 33.8 Å². The minimum absolute atomic E-state index is 0.107. The number of ether oxygens (including phenoxy) is 1. The molecular formula is C48H70N8O7. The standard InChI is InChI=1S/C25H36N4O4.C23H34N4O3/c1-7-15(2)23(31)28-21(25(4,5)6)24(32)29-12-10-20(33-16(3)30)19(29)13-17-14-27-22-18(17)9-8-11-26-22;1-6-14(2)21(29)26-19(23(3,4)5)22(30)27-11-9-18(28)17(27)12-15-13-25-20-16(15)8-7-10-24-20/h8-9,11,14-15,19-21H,7,10,12-13H2,1-6H3,(H,26,27)(H,28,31);7-8,10,13-14,17-19,28H,6,9,11-12H2,1-5H3,(H,24,25)(H,26,29)/t15-,19-,20+,21-;14-,17-,18+,19-/m11/s1. The molecule has 4 aromatic rings. The van der Waals surface area contributed by atoms with Gasteiger partial charge >= 0.3 is 5.97 Å². The van der Waals surface area contributed by atoms with Gasteiger partial charge < -0.3 is 40.2 Å². The molecule has 63 heavy (non-hydrogen) atoms. The zero-order valence-electron chi connectivity index (χ0n) is 39.1. The summed E-state index contributed by atoms with van der Waals surface area (Å²) >= 11 is 0. The normalized spacial score (nSPS) is 21.0. The van der Waals surface area contributed by atoms with E-state index in [1.807, 2.05) is 106 Å². The zero-order valence-corrected chi connectivity index (χ0v) is 39.1. The van der Waals surface area contributed by atoms with Crippen LogP contribution in [0.25, 0.3) is 22.1 Å². The van der Waals surface area contributed by atoms with E-state index in [1.54, 1.807) is 22.2 Å². The third-order valence-electron chi connectivity index (χ3n) is 12.7. The van der Waals surface area contributed by atoms with Crippen molar-refractivity contribution in [2.45, 2.75) is 151 Å². The molecule has 4 amide bonds. The molecule has 0 saturated carbocycles. The summed E-state index contributed by atoms with van der Waals surface area (Å²) in [5.74, 6) is -1.19. The summed E-state index contributed by atoms with van der Waals surface area (Å²) < 4.78 is 5.62. The number of pyridine rings is 2. The van der Waals surface area contributed by atoms with Crippen LogP contribution in [0.15, 0.2) is 49.1 Å². The number of rotatable bonds is 13. The van der Waals surface area contributed by atoms with Gasteiger partial charge in [-0.1, -0.05) is 69.2 Å². The second-order valence-corrected chi connectivity index (χ2v) is 19.6. The number of hydrogen-bond donors (Lipinski definition) is 5. The molecule has 2 saturated heterocycles. The highest BCUT2D eigenvalue weighted by Gasteiger charge is 2.46. The quantitative estimate of drug-likeness (QED) is 0.102.